The average molecular weight is 312 g/mol. The second-order valence-electron chi connectivity index (χ2n) is 5.71. The van der Waals surface area contributed by atoms with Crippen molar-refractivity contribution in [1.29, 1.82) is 0 Å². The van der Waals surface area contributed by atoms with E-state index in [-0.39, 0.29) is 17.6 Å². The number of benzene rings is 2. The van der Waals surface area contributed by atoms with Gasteiger partial charge < -0.3 is 10.2 Å². The normalized spacial score (nSPS) is 14.6. The Bertz CT molecular complexity index is 788. The van der Waals surface area contributed by atoms with Crippen LogP contribution in [0.3, 0.4) is 0 Å². The summed E-state index contributed by atoms with van der Waals surface area (Å²) in [5, 5.41) is 2.76. The highest BCUT2D eigenvalue weighted by Gasteiger charge is 2.33. The van der Waals surface area contributed by atoms with E-state index in [1.165, 1.54) is 18.2 Å². The summed E-state index contributed by atoms with van der Waals surface area (Å²) >= 11 is 0. The zero-order valence-electron chi connectivity index (χ0n) is 13.0. The van der Waals surface area contributed by atoms with Crippen LogP contribution >= 0.6 is 0 Å². The number of anilines is 1. The van der Waals surface area contributed by atoms with E-state index < -0.39 is 6.04 Å². The first kappa shape index (κ1) is 15.2. The highest BCUT2D eigenvalue weighted by molar-refractivity contribution is 6.03. The summed E-state index contributed by atoms with van der Waals surface area (Å²) in [4.78, 5) is 26.4. The highest BCUT2D eigenvalue weighted by Crippen LogP contribution is 2.25. The lowest BCUT2D eigenvalue weighted by molar-refractivity contribution is -0.120. The quantitative estimate of drug-likeness (QED) is 0.946. The maximum atomic E-state index is 13.1. The zero-order valence-corrected chi connectivity index (χ0v) is 13.0. The van der Waals surface area contributed by atoms with E-state index in [2.05, 4.69) is 5.32 Å². The van der Waals surface area contributed by atoms with E-state index in [1.807, 2.05) is 18.2 Å². The average Bonchev–Trinajstić information content (AvgIpc) is 2.87. The number of halogens is 1. The van der Waals surface area contributed by atoms with Gasteiger partial charge in [-0.1, -0.05) is 18.2 Å². The van der Waals surface area contributed by atoms with Crippen molar-refractivity contribution in [2.45, 2.75) is 26.4 Å². The van der Waals surface area contributed by atoms with Crippen LogP contribution in [0.5, 0.6) is 0 Å². The number of nitrogens with one attached hydrogen (secondary N) is 1. The SMILES string of the molecule is Cc1cc(F)ccc1NC(=O)[C@@H](C)N1Cc2ccccc2C1=O. The zero-order chi connectivity index (χ0) is 16.6. The molecule has 3 rings (SSSR count). The summed E-state index contributed by atoms with van der Waals surface area (Å²) in [7, 11) is 0. The molecule has 1 heterocycles. The summed E-state index contributed by atoms with van der Waals surface area (Å²) in [6, 6.07) is 10.9. The van der Waals surface area contributed by atoms with Crippen LogP contribution in [-0.4, -0.2) is 22.8 Å². The summed E-state index contributed by atoms with van der Waals surface area (Å²) in [5.41, 5.74) is 2.76. The molecule has 5 heteroatoms. The third-order valence-corrected chi connectivity index (χ3v) is 4.14. The standard InChI is InChI=1S/C18H17FN2O2/c1-11-9-14(19)7-8-16(11)20-17(22)12(2)21-10-13-5-3-4-6-15(13)18(21)23/h3-9,12H,10H2,1-2H3,(H,20,22)/t12-/m1/s1. The van der Waals surface area contributed by atoms with Gasteiger partial charge in [0.1, 0.15) is 11.9 Å². The summed E-state index contributed by atoms with van der Waals surface area (Å²) in [6.45, 7) is 3.84. The molecule has 0 bridgehead atoms. The monoisotopic (exact) mass is 312 g/mol. The molecular formula is C18H17FN2O2. The molecular weight excluding hydrogens is 295 g/mol. The lowest BCUT2D eigenvalue weighted by Gasteiger charge is -2.23. The van der Waals surface area contributed by atoms with Gasteiger partial charge in [-0.3, -0.25) is 9.59 Å². The Morgan fingerprint density at radius 2 is 2.00 bits per heavy atom. The maximum Gasteiger partial charge on any atom is 0.255 e. The van der Waals surface area contributed by atoms with Gasteiger partial charge in [0.2, 0.25) is 5.91 Å². The minimum Gasteiger partial charge on any atom is -0.324 e. The number of carbonyl (C=O) groups excluding carboxylic acids is 2. The van der Waals surface area contributed by atoms with E-state index in [4.69, 9.17) is 0 Å². The van der Waals surface area contributed by atoms with Gasteiger partial charge in [-0.2, -0.15) is 0 Å². The van der Waals surface area contributed by atoms with Crippen molar-refractivity contribution in [3.05, 3.63) is 65.0 Å². The van der Waals surface area contributed by atoms with Crippen molar-refractivity contribution in [2.75, 3.05) is 5.32 Å². The first-order valence-corrected chi connectivity index (χ1v) is 7.43. The number of carbonyl (C=O) groups is 2. The van der Waals surface area contributed by atoms with E-state index in [1.54, 1.807) is 24.8 Å². The molecule has 2 aromatic carbocycles. The van der Waals surface area contributed by atoms with Gasteiger partial charge in [0.05, 0.1) is 0 Å². The minimum absolute atomic E-state index is 0.140. The molecule has 0 unspecified atom stereocenters. The van der Waals surface area contributed by atoms with Gasteiger partial charge in [-0.25, -0.2) is 4.39 Å². The van der Waals surface area contributed by atoms with Gasteiger partial charge in [0.15, 0.2) is 0 Å². The Hall–Kier alpha value is -2.69. The molecule has 0 spiro atoms. The third-order valence-electron chi connectivity index (χ3n) is 4.14. The number of aryl methyl sites for hydroxylation is 1. The Labute approximate surface area is 133 Å². The molecule has 23 heavy (non-hydrogen) atoms. The lowest BCUT2D eigenvalue weighted by atomic mass is 10.1. The molecule has 0 radical (unpaired) electrons. The van der Waals surface area contributed by atoms with Crippen LogP contribution in [0.15, 0.2) is 42.5 Å². The molecule has 0 saturated carbocycles. The van der Waals surface area contributed by atoms with Crippen LogP contribution in [0.4, 0.5) is 10.1 Å². The molecule has 1 aliphatic heterocycles. The molecule has 0 saturated heterocycles. The van der Waals surface area contributed by atoms with Crippen LogP contribution in [-0.2, 0) is 11.3 Å². The maximum absolute atomic E-state index is 13.1. The van der Waals surface area contributed by atoms with Crippen molar-refractivity contribution in [2.24, 2.45) is 0 Å². The lowest BCUT2D eigenvalue weighted by Crippen LogP contribution is -2.42. The van der Waals surface area contributed by atoms with Gasteiger partial charge >= 0.3 is 0 Å². The Morgan fingerprint density at radius 3 is 2.70 bits per heavy atom. The molecule has 1 atom stereocenters. The van der Waals surface area contributed by atoms with Crippen LogP contribution in [0.2, 0.25) is 0 Å². The van der Waals surface area contributed by atoms with Gasteiger partial charge in [-0.05, 0) is 49.2 Å². The van der Waals surface area contributed by atoms with Crippen LogP contribution in [0.25, 0.3) is 0 Å². The van der Waals surface area contributed by atoms with Crippen LogP contribution < -0.4 is 5.32 Å². The van der Waals surface area contributed by atoms with Gasteiger partial charge in [0.25, 0.3) is 5.91 Å². The molecule has 0 aliphatic carbocycles. The highest BCUT2D eigenvalue weighted by atomic mass is 19.1. The molecule has 1 aliphatic rings. The van der Waals surface area contributed by atoms with E-state index in [9.17, 15) is 14.0 Å². The second-order valence-corrected chi connectivity index (χ2v) is 5.71. The first-order valence-electron chi connectivity index (χ1n) is 7.43. The fourth-order valence-electron chi connectivity index (χ4n) is 2.74. The molecule has 118 valence electrons. The van der Waals surface area contributed by atoms with E-state index >= 15 is 0 Å². The Morgan fingerprint density at radius 1 is 1.26 bits per heavy atom. The number of fused-ring (bicyclic) bond motifs is 1. The molecule has 4 nitrogen and oxygen atoms in total. The third kappa shape index (κ3) is 2.82. The van der Waals surface area contributed by atoms with Crippen LogP contribution in [0.1, 0.15) is 28.4 Å². The first-order chi connectivity index (χ1) is 11.0. The predicted octanol–water partition coefficient (Wildman–Crippen LogP) is 3.12. The smallest absolute Gasteiger partial charge is 0.255 e. The van der Waals surface area contributed by atoms with E-state index in [0.29, 0.717) is 23.4 Å². The Balaban J connectivity index is 1.75. The number of amides is 2. The molecule has 0 fully saturated rings. The summed E-state index contributed by atoms with van der Waals surface area (Å²) < 4.78 is 13.1. The van der Waals surface area contributed by atoms with Crippen LogP contribution in [0, 0.1) is 12.7 Å². The number of hydrogen-bond donors (Lipinski definition) is 1. The molecule has 2 amide bonds. The fraction of sp³-hybridized carbons (Fsp3) is 0.222. The molecule has 2 aromatic rings. The van der Waals surface area contributed by atoms with Gasteiger partial charge in [-0.15, -0.1) is 0 Å². The predicted molar refractivity (Wildman–Crippen MR) is 85.5 cm³/mol. The van der Waals surface area contributed by atoms with Crippen molar-refractivity contribution in [1.82, 2.24) is 4.90 Å². The fourth-order valence-corrected chi connectivity index (χ4v) is 2.74. The number of hydrogen-bond acceptors (Lipinski definition) is 2. The Kier molecular flexibility index (Phi) is 3.86. The van der Waals surface area contributed by atoms with Crippen molar-refractivity contribution in [3.8, 4) is 0 Å². The molecule has 1 N–H and O–H groups in total. The summed E-state index contributed by atoms with van der Waals surface area (Å²) in [6.07, 6.45) is 0. The second kappa shape index (κ2) is 5.83. The topological polar surface area (TPSA) is 49.4 Å². The number of nitrogens with zero attached hydrogens (tertiary/aromatic N) is 1. The minimum atomic E-state index is -0.612. The largest absolute Gasteiger partial charge is 0.324 e. The van der Waals surface area contributed by atoms with Crippen molar-refractivity contribution in [3.63, 3.8) is 0 Å². The molecule has 0 aromatic heterocycles. The van der Waals surface area contributed by atoms with Crippen molar-refractivity contribution < 1.29 is 14.0 Å². The summed E-state index contributed by atoms with van der Waals surface area (Å²) in [5.74, 6) is -0.779. The number of rotatable bonds is 3. The van der Waals surface area contributed by atoms with E-state index in [0.717, 1.165) is 5.56 Å². The van der Waals surface area contributed by atoms with Crippen molar-refractivity contribution >= 4 is 17.5 Å². The van der Waals surface area contributed by atoms with Gasteiger partial charge in [0, 0.05) is 17.8 Å².